The number of carbonyl (C=O) groups excluding carboxylic acids is 3. The molecule has 5 nitrogen and oxygen atoms in total. The Morgan fingerprint density at radius 1 is 1.32 bits per heavy atom. The lowest BCUT2D eigenvalue weighted by Gasteiger charge is -2.29. The van der Waals surface area contributed by atoms with E-state index in [0.717, 1.165) is 11.1 Å². The summed E-state index contributed by atoms with van der Waals surface area (Å²) in [6, 6.07) is 0. The van der Waals surface area contributed by atoms with Crippen LogP contribution < -0.4 is 0 Å². The molecule has 0 aromatic heterocycles. The summed E-state index contributed by atoms with van der Waals surface area (Å²) in [4.78, 5) is 35.8. The van der Waals surface area contributed by atoms with Crippen LogP contribution in [0, 0.1) is 17.8 Å². The fourth-order valence-electron chi connectivity index (χ4n) is 4.12. The van der Waals surface area contributed by atoms with Crippen LogP contribution in [0.5, 0.6) is 0 Å². The maximum atomic E-state index is 12.3. The molecule has 0 N–H and O–H groups in total. The topological polar surface area (TPSA) is 69.7 Å². The minimum Gasteiger partial charge on any atom is -0.462 e. The molecular weight excluding hydrogens is 284 g/mol. The van der Waals surface area contributed by atoms with Crippen LogP contribution in [0.2, 0.25) is 0 Å². The van der Waals surface area contributed by atoms with E-state index in [0.29, 0.717) is 12.0 Å². The number of fused-ring (bicyclic) bond motifs is 3. The van der Waals surface area contributed by atoms with Crippen molar-refractivity contribution in [2.24, 2.45) is 17.8 Å². The first-order valence-electron chi connectivity index (χ1n) is 7.61. The fourth-order valence-corrected chi connectivity index (χ4v) is 4.12. The van der Waals surface area contributed by atoms with Crippen molar-refractivity contribution in [1.29, 1.82) is 0 Å². The number of ether oxygens (including phenoxy) is 2. The first-order valence-corrected chi connectivity index (χ1v) is 7.61. The Morgan fingerprint density at radius 3 is 2.64 bits per heavy atom. The average Bonchev–Trinajstić information content (AvgIpc) is 2.81. The number of hydrogen-bond acceptors (Lipinski definition) is 5. The second-order valence-electron chi connectivity index (χ2n) is 6.54. The number of esters is 2. The third kappa shape index (κ3) is 2.11. The van der Waals surface area contributed by atoms with Crippen LogP contribution in [0.15, 0.2) is 22.8 Å². The molecule has 1 fully saturated rings. The predicted molar refractivity (Wildman–Crippen MR) is 77.7 cm³/mol. The van der Waals surface area contributed by atoms with E-state index in [9.17, 15) is 14.4 Å². The van der Waals surface area contributed by atoms with Gasteiger partial charge in [-0.25, -0.2) is 0 Å². The van der Waals surface area contributed by atoms with Crippen LogP contribution in [0.3, 0.4) is 0 Å². The Morgan fingerprint density at radius 2 is 2.00 bits per heavy atom. The second kappa shape index (κ2) is 5.07. The van der Waals surface area contributed by atoms with Crippen LogP contribution in [-0.4, -0.2) is 29.9 Å². The molecule has 0 spiro atoms. The highest BCUT2D eigenvalue weighted by atomic mass is 16.6. The van der Waals surface area contributed by atoms with Gasteiger partial charge in [-0.2, -0.15) is 0 Å². The molecule has 0 saturated carbocycles. The summed E-state index contributed by atoms with van der Waals surface area (Å²) < 4.78 is 11.1. The van der Waals surface area contributed by atoms with Crippen LogP contribution in [0.1, 0.15) is 34.1 Å². The molecular formula is C17H20O5. The number of allylic oxidation sites excluding steroid dienone is 1. The van der Waals surface area contributed by atoms with Gasteiger partial charge in [0.05, 0.1) is 5.92 Å². The molecule has 5 atom stereocenters. The van der Waals surface area contributed by atoms with Crippen LogP contribution in [0.4, 0.5) is 0 Å². The van der Waals surface area contributed by atoms with Crippen molar-refractivity contribution in [2.45, 2.75) is 46.3 Å². The number of hydrogen-bond donors (Lipinski definition) is 0. The van der Waals surface area contributed by atoms with Gasteiger partial charge in [0.15, 0.2) is 5.78 Å². The van der Waals surface area contributed by atoms with Crippen LogP contribution >= 0.6 is 0 Å². The zero-order chi connectivity index (χ0) is 16.2. The first-order chi connectivity index (χ1) is 10.3. The fraction of sp³-hybridized carbons (Fsp3) is 0.588. The van der Waals surface area contributed by atoms with Crippen LogP contribution in [0.25, 0.3) is 0 Å². The van der Waals surface area contributed by atoms with Gasteiger partial charge in [0.25, 0.3) is 0 Å². The minimum atomic E-state index is -0.429. The van der Waals surface area contributed by atoms with Crippen molar-refractivity contribution in [1.82, 2.24) is 0 Å². The molecule has 3 aliphatic rings. The van der Waals surface area contributed by atoms with Crippen molar-refractivity contribution in [3.8, 4) is 0 Å². The number of carbonyl (C=O) groups is 3. The smallest absolute Gasteiger partial charge is 0.309 e. The molecule has 1 heterocycles. The number of rotatable bonds is 1. The van der Waals surface area contributed by atoms with Crippen molar-refractivity contribution in [3.05, 3.63) is 22.8 Å². The Balaban J connectivity index is 2.08. The molecule has 0 aromatic carbocycles. The maximum absolute atomic E-state index is 12.3. The SMILES string of the molecule is CC(=O)O[C@@H]1CC(C)=C2C(=O)C=C(C)[C@@H]2[C@@H]2OC(=O)[C@@H](C)[C@@H]21. The molecule has 5 heteroatoms. The summed E-state index contributed by atoms with van der Waals surface area (Å²) in [5, 5.41) is 0. The van der Waals surface area contributed by atoms with Gasteiger partial charge in [-0.1, -0.05) is 18.1 Å². The lowest BCUT2D eigenvalue weighted by atomic mass is 9.79. The largest absolute Gasteiger partial charge is 0.462 e. The summed E-state index contributed by atoms with van der Waals surface area (Å²) >= 11 is 0. The quantitative estimate of drug-likeness (QED) is 0.693. The van der Waals surface area contributed by atoms with Crippen molar-refractivity contribution in [3.63, 3.8) is 0 Å². The lowest BCUT2D eigenvalue weighted by molar-refractivity contribution is -0.150. The van der Waals surface area contributed by atoms with E-state index in [1.807, 2.05) is 13.8 Å². The van der Waals surface area contributed by atoms with Gasteiger partial charge < -0.3 is 9.47 Å². The summed E-state index contributed by atoms with van der Waals surface area (Å²) in [5.74, 6) is -1.44. The van der Waals surface area contributed by atoms with Gasteiger partial charge in [0.2, 0.25) is 0 Å². The third-order valence-corrected chi connectivity index (χ3v) is 5.05. The first kappa shape index (κ1) is 15.0. The molecule has 0 radical (unpaired) electrons. The summed E-state index contributed by atoms with van der Waals surface area (Å²) in [6.45, 7) is 6.96. The molecule has 0 unspecified atom stereocenters. The number of ketones is 1. The summed E-state index contributed by atoms with van der Waals surface area (Å²) in [7, 11) is 0. The zero-order valence-corrected chi connectivity index (χ0v) is 13.2. The van der Waals surface area contributed by atoms with Gasteiger partial charge in [-0.3, -0.25) is 14.4 Å². The van der Waals surface area contributed by atoms with Gasteiger partial charge in [-0.05, 0) is 19.9 Å². The predicted octanol–water partition coefficient (Wildman–Crippen LogP) is 1.96. The minimum absolute atomic E-state index is 0.0159. The Kier molecular flexibility index (Phi) is 3.46. The van der Waals surface area contributed by atoms with E-state index in [-0.39, 0.29) is 35.5 Å². The van der Waals surface area contributed by atoms with Gasteiger partial charge in [0, 0.05) is 30.8 Å². The zero-order valence-electron chi connectivity index (χ0n) is 13.2. The monoisotopic (exact) mass is 304 g/mol. The van der Waals surface area contributed by atoms with E-state index < -0.39 is 12.2 Å². The van der Waals surface area contributed by atoms with Crippen molar-refractivity contribution < 1.29 is 23.9 Å². The van der Waals surface area contributed by atoms with E-state index in [1.165, 1.54) is 6.92 Å². The van der Waals surface area contributed by atoms with Crippen LogP contribution in [-0.2, 0) is 23.9 Å². The molecule has 118 valence electrons. The third-order valence-electron chi connectivity index (χ3n) is 5.05. The van der Waals surface area contributed by atoms with Gasteiger partial charge >= 0.3 is 11.9 Å². The molecule has 1 saturated heterocycles. The maximum Gasteiger partial charge on any atom is 0.309 e. The molecule has 3 rings (SSSR count). The highest BCUT2D eigenvalue weighted by Crippen LogP contribution is 2.48. The molecule has 2 aliphatic carbocycles. The standard InChI is InChI=1S/C17H20O5/c1-7-5-11(19)13-8(2)6-12(21-10(4)18)15-9(3)17(20)22-16(15)14(7)13/h5,9,12,14-16H,6H2,1-4H3/t9-,12+,14-,15+,16-/m0/s1. The molecule has 0 bridgehead atoms. The van der Waals surface area contributed by atoms with Crippen molar-refractivity contribution in [2.75, 3.05) is 0 Å². The second-order valence-corrected chi connectivity index (χ2v) is 6.54. The van der Waals surface area contributed by atoms with Crippen molar-refractivity contribution >= 4 is 17.7 Å². The molecule has 1 aliphatic heterocycles. The molecule has 0 aromatic rings. The average molecular weight is 304 g/mol. The van der Waals surface area contributed by atoms with Gasteiger partial charge in [0.1, 0.15) is 12.2 Å². The highest BCUT2D eigenvalue weighted by molar-refractivity contribution is 6.09. The van der Waals surface area contributed by atoms with E-state index in [1.54, 1.807) is 13.0 Å². The Bertz CT molecular complexity index is 627. The summed E-state index contributed by atoms with van der Waals surface area (Å²) in [5.41, 5.74) is 2.55. The Labute approximate surface area is 129 Å². The normalized spacial score (nSPS) is 37.3. The summed E-state index contributed by atoms with van der Waals surface area (Å²) in [6.07, 6.45) is 1.24. The molecule has 0 amide bonds. The molecule has 22 heavy (non-hydrogen) atoms. The van der Waals surface area contributed by atoms with E-state index in [4.69, 9.17) is 9.47 Å². The van der Waals surface area contributed by atoms with E-state index >= 15 is 0 Å². The highest BCUT2D eigenvalue weighted by Gasteiger charge is 2.55. The van der Waals surface area contributed by atoms with Gasteiger partial charge in [-0.15, -0.1) is 0 Å². The lowest BCUT2D eigenvalue weighted by Crippen LogP contribution is -2.37. The Hall–Kier alpha value is -1.91. The van der Waals surface area contributed by atoms with E-state index in [2.05, 4.69) is 0 Å².